The Balaban J connectivity index is 0.00000408. The standard InChI is InChI=1S/C27H30O6.HI/c1-16(19-10-6-4-7-11-19)14-23-24(27(32)33-26(23)31)22(20-12-8-5-9-13-20)15-21(18(3)28)17(2)25(29)30;/h4-13,16-17,21-24H,14-15H2,1-3H3,(H,29,30);1H. The first-order valence-electron chi connectivity index (χ1n) is 11.3. The first-order valence-corrected chi connectivity index (χ1v) is 11.3. The van der Waals surface area contributed by atoms with Gasteiger partial charge in [0.1, 0.15) is 5.78 Å². The van der Waals surface area contributed by atoms with Crippen molar-refractivity contribution in [2.45, 2.75) is 45.4 Å². The van der Waals surface area contributed by atoms with E-state index in [1.165, 1.54) is 13.8 Å². The number of halogens is 1. The monoisotopic (exact) mass is 578 g/mol. The Kier molecular flexibility index (Phi) is 9.97. The zero-order valence-electron chi connectivity index (χ0n) is 19.5. The van der Waals surface area contributed by atoms with Crippen molar-refractivity contribution in [1.82, 2.24) is 0 Å². The topological polar surface area (TPSA) is 97.7 Å². The zero-order valence-corrected chi connectivity index (χ0v) is 21.9. The number of hydrogen-bond donors (Lipinski definition) is 1. The summed E-state index contributed by atoms with van der Waals surface area (Å²) in [5, 5.41) is 9.54. The lowest BCUT2D eigenvalue weighted by Gasteiger charge is -2.30. The van der Waals surface area contributed by atoms with Crippen molar-refractivity contribution in [1.29, 1.82) is 0 Å². The van der Waals surface area contributed by atoms with Crippen LogP contribution in [0.25, 0.3) is 0 Å². The number of ketones is 1. The van der Waals surface area contributed by atoms with E-state index in [9.17, 15) is 24.3 Å². The molecule has 2 aromatic rings. The van der Waals surface area contributed by atoms with Crippen LogP contribution in [0.15, 0.2) is 60.7 Å². The van der Waals surface area contributed by atoms with E-state index >= 15 is 0 Å². The molecule has 1 N–H and O–H groups in total. The molecule has 0 amide bonds. The smallest absolute Gasteiger partial charge is 0.318 e. The number of ether oxygens (including phenoxy) is 1. The van der Waals surface area contributed by atoms with Gasteiger partial charge in [0.15, 0.2) is 0 Å². The highest BCUT2D eigenvalue weighted by molar-refractivity contribution is 14.0. The predicted octanol–water partition coefficient (Wildman–Crippen LogP) is 5.21. The Bertz CT molecular complexity index is 1010. The van der Waals surface area contributed by atoms with Crippen LogP contribution in [-0.4, -0.2) is 28.8 Å². The highest BCUT2D eigenvalue weighted by atomic mass is 127. The van der Waals surface area contributed by atoms with E-state index in [0.29, 0.717) is 6.42 Å². The average Bonchev–Trinajstić information content (AvgIpc) is 3.07. The summed E-state index contributed by atoms with van der Waals surface area (Å²) in [5.74, 6) is -6.15. The second-order valence-electron chi connectivity index (χ2n) is 9.02. The number of carboxylic acids is 1. The van der Waals surface area contributed by atoms with Crippen molar-refractivity contribution in [3.05, 3.63) is 71.8 Å². The van der Waals surface area contributed by atoms with Gasteiger partial charge in [0, 0.05) is 5.92 Å². The third-order valence-electron chi connectivity index (χ3n) is 6.87. The van der Waals surface area contributed by atoms with Crippen molar-refractivity contribution in [3.8, 4) is 0 Å². The first-order chi connectivity index (χ1) is 15.7. The van der Waals surface area contributed by atoms with Crippen LogP contribution in [-0.2, 0) is 23.9 Å². The highest BCUT2D eigenvalue weighted by Crippen LogP contribution is 2.44. The van der Waals surface area contributed by atoms with Crippen LogP contribution in [0.1, 0.15) is 56.6 Å². The van der Waals surface area contributed by atoms with Gasteiger partial charge in [0.05, 0.1) is 17.8 Å². The number of hydrogen-bond acceptors (Lipinski definition) is 5. The van der Waals surface area contributed by atoms with Gasteiger partial charge in [-0.15, -0.1) is 24.0 Å². The van der Waals surface area contributed by atoms with Gasteiger partial charge in [-0.2, -0.15) is 0 Å². The summed E-state index contributed by atoms with van der Waals surface area (Å²) in [7, 11) is 0. The van der Waals surface area contributed by atoms with E-state index < -0.39 is 47.5 Å². The minimum absolute atomic E-state index is 0. The zero-order chi connectivity index (χ0) is 24.1. The number of rotatable bonds is 10. The van der Waals surface area contributed by atoms with E-state index in [1.807, 2.05) is 67.6 Å². The Labute approximate surface area is 217 Å². The number of benzene rings is 2. The Hall–Kier alpha value is -2.55. The number of carbonyl (C=O) groups excluding carboxylic acids is 3. The molecule has 6 atom stereocenters. The summed E-state index contributed by atoms with van der Waals surface area (Å²) in [4.78, 5) is 49.8. The van der Waals surface area contributed by atoms with Crippen LogP contribution in [0, 0.1) is 23.7 Å². The Morgan fingerprint density at radius 1 is 0.912 bits per heavy atom. The summed E-state index contributed by atoms with van der Waals surface area (Å²) < 4.78 is 5.10. The molecule has 2 aromatic carbocycles. The summed E-state index contributed by atoms with van der Waals surface area (Å²) >= 11 is 0. The molecule has 0 spiro atoms. The molecule has 0 radical (unpaired) electrons. The average molecular weight is 578 g/mol. The van der Waals surface area contributed by atoms with Gasteiger partial charge in [-0.1, -0.05) is 74.5 Å². The van der Waals surface area contributed by atoms with Gasteiger partial charge in [-0.25, -0.2) is 0 Å². The van der Waals surface area contributed by atoms with E-state index in [4.69, 9.17) is 4.74 Å². The van der Waals surface area contributed by atoms with Gasteiger partial charge in [0.2, 0.25) is 0 Å². The maximum atomic E-state index is 12.9. The molecule has 1 saturated heterocycles. The molecule has 1 aliphatic heterocycles. The number of carboxylic acid groups (broad SMARTS) is 1. The summed E-state index contributed by atoms with van der Waals surface area (Å²) in [5.41, 5.74) is 1.84. The van der Waals surface area contributed by atoms with E-state index in [1.54, 1.807) is 0 Å². The summed E-state index contributed by atoms with van der Waals surface area (Å²) in [6.07, 6.45) is 0.567. The van der Waals surface area contributed by atoms with Crippen LogP contribution >= 0.6 is 24.0 Å². The minimum atomic E-state index is -1.07. The molecule has 0 aliphatic carbocycles. The second kappa shape index (κ2) is 12.2. The van der Waals surface area contributed by atoms with Gasteiger partial charge in [-0.3, -0.25) is 19.2 Å². The number of Topliss-reactive ketones (excluding diaryl/α,β-unsaturated/α-hetero) is 1. The van der Waals surface area contributed by atoms with Gasteiger partial charge < -0.3 is 9.84 Å². The van der Waals surface area contributed by atoms with E-state index in [0.717, 1.165) is 11.1 Å². The fourth-order valence-corrected chi connectivity index (χ4v) is 4.90. The molecule has 182 valence electrons. The third-order valence-corrected chi connectivity index (χ3v) is 6.87. The predicted molar refractivity (Wildman–Crippen MR) is 138 cm³/mol. The lowest BCUT2D eigenvalue weighted by Crippen LogP contribution is -2.33. The lowest BCUT2D eigenvalue weighted by molar-refractivity contribution is -0.154. The maximum absolute atomic E-state index is 12.9. The molecule has 6 unspecified atom stereocenters. The van der Waals surface area contributed by atoms with Crippen LogP contribution in [0.3, 0.4) is 0 Å². The van der Waals surface area contributed by atoms with Crippen molar-refractivity contribution >= 4 is 47.7 Å². The molecule has 1 heterocycles. The molecule has 1 fully saturated rings. The fourth-order valence-electron chi connectivity index (χ4n) is 4.90. The summed E-state index contributed by atoms with van der Waals surface area (Å²) in [6.45, 7) is 4.88. The van der Waals surface area contributed by atoms with Gasteiger partial charge in [0.25, 0.3) is 0 Å². The molecule has 1 aliphatic rings. The normalized spacial score (nSPS) is 21.0. The molecule has 7 heteroatoms. The van der Waals surface area contributed by atoms with Crippen LogP contribution < -0.4 is 0 Å². The van der Waals surface area contributed by atoms with Crippen LogP contribution in [0.2, 0.25) is 0 Å². The van der Waals surface area contributed by atoms with Crippen molar-refractivity contribution < 1.29 is 29.0 Å². The van der Waals surface area contributed by atoms with Crippen LogP contribution in [0.5, 0.6) is 0 Å². The highest BCUT2D eigenvalue weighted by Gasteiger charge is 2.50. The molecule has 3 rings (SSSR count). The molecule has 0 saturated carbocycles. The Morgan fingerprint density at radius 3 is 1.94 bits per heavy atom. The van der Waals surface area contributed by atoms with Crippen molar-refractivity contribution in [3.63, 3.8) is 0 Å². The second-order valence-corrected chi connectivity index (χ2v) is 9.02. The molecule has 34 heavy (non-hydrogen) atoms. The molecular formula is C27H31IO6. The number of aliphatic carboxylic acids is 1. The van der Waals surface area contributed by atoms with E-state index in [2.05, 4.69) is 0 Å². The molecule has 6 nitrogen and oxygen atoms in total. The lowest BCUT2D eigenvalue weighted by atomic mass is 9.70. The quantitative estimate of drug-likeness (QED) is 0.236. The Morgan fingerprint density at radius 2 is 1.44 bits per heavy atom. The van der Waals surface area contributed by atoms with Crippen molar-refractivity contribution in [2.24, 2.45) is 23.7 Å². The maximum Gasteiger partial charge on any atom is 0.318 e. The number of esters is 2. The molecule has 0 bridgehead atoms. The SMILES string of the molecule is CC(=O)C(CC(c1ccccc1)C1C(=O)OC(=O)C1CC(C)c1ccccc1)C(C)C(=O)O.I. The van der Waals surface area contributed by atoms with E-state index in [-0.39, 0.29) is 42.1 Å². The van der Waals surface area contributed by atoms with Crippen molar-refractivity contribution in [2.75, 3.05) is 0 Å². The molecule has 0 aromatic heterocycles. The van der Waals surface area contributed by atoms with Gasteiger partial charge in [-0.05, 0) is 42.7 Å². The number of cyclic esters (lactones) is 2. The summed E-state index contributed by atoms with van der Waals surface area (Å²) in [6, 6.07) is 18.9. The van der Waals surface area contributed by atoms with Crippen LogP contribution in [0.4, 0.5) is 0 Å². The van der Waals surface area contributed by atoms with Gasteiger partial charge >= 0.3 is 17.9 Å². The first kappa shape index (κ1) is 27.7. The fraction of sp³-hybridized carbons (Fsp3) is 0.407. The number of carbonyl (C=O) groups is 4. The third kappa shape index (κ3) is 6.31. The largest absolute Gasteiger partial charge is 0.481 e. The minimum Gasteiger partial charge on any atom is -0.481 e. The molecular weight excluding hydrogens is 547 g/mol.